The van der Waals surface area contributed by atoms with Crippen molar-refractivity contribution < 1.29 is 0 Å². The molecule has 3 rings (SSSR count). The summed E-state index contributed by atoms with van der Waals surface area (Å²) in [4.78, 5) is 0. The van der Waals surface area contributed by atoms with Crippen molar-refractivity contribution in [3.8, 4) is 0 Å². The van der Waals surface area contributed by atoms with Crippen LogP contribution in [-0.2, 0) is 5.41 Å². The highest BCUT2D eigenvalue weighted by molar-refractivity contribution is 5.35. The summed E-state index contributed by atoms with van der Waals surface area (Å²) in [6.07, 6.45) is 2.38. The van der Waals surface area contributed by atoms with Crippen molar-refractivity contribution in [2.45, 2.75) is 31.1 Å². The van der Waals surface area contributed by atoms with Gasteiger partial charge in [0.1, 0.15) is 0 Å². The second-order valence-electron chi connectivity index (χ2n) is 5.94. The minimum Gasteiger partial charge on any atom is -0.330 e. The maximum Gasteiger partial charge on any atom is 0.0107 e. The summed E-state index contributed by atoms with van der Waals surface area (Å²) in [5.41, 5.74) is 9.25. The zero-order valence-electron chi connectivity index (χ0n) is 12.1. The van der Waals surface area contributed by atoms with E-state index < -0.39 is 0 Å². The van der Waals surface area contributed by atoms with Crippen LogP contribution in [0.2, 0.25) is 0 Å². The molecule has 0 saturated heterocycles. The zero-order valence-corrected chi connectivity index (χ0v) is 12.1. The van der Waals surface area contributed by atoms with E-state index in [1.54, 1.807) is 0 Å². The number of rotatable bonds is 5. The van der Waals surface area contributed by atoms with Gasteiger partial charge in [-0.15, -0.1) is 0 Å². The molecule has 1 saturated carbocycles. The second kappa shape index (κ2) is 5.41. The molecule has 3 atom stereocenters. The fourth-order valence-corrected chi connectivity index (χ4v) is 3.74. The largest absolute Gasteiger partial charge is 0.330 e. The maximum atomic E-state index is 6.23. The van der Waals surface area contributed by atoms with E-state index in [0.29, 0.717) is 11.8 Å². The molecule has 104 valence electrons. The Morgan fingerprint density at radius 1 is 1.00 bits per heavy atom. The minimum absolute atomic E-state index is 0.141. The van der Waals surface area contributed by atoms with Crippen LogP contribution in [0, 0.1) is 5.92 Å². The van der Waals surface area contributed by atoms with Crippen molar-refractivity contribution in [2.24, 2.45) is 11.7 Å². The summed E-state index contributed by atoms with van der Waals surface area (Å²) in [6, 6.07) is 21.7. The Hall–Kier alpha value is -1.60. The first kappa shape index (κ1) is 13.4. The summed E-state index contributed by atoms with van der Waals surface area (Å²) in [6.45, 7) is 3.02. The van der Waals surface area contributed by atoms with E-state index in [2.05, 4.69) is 67.6 Å². The molecule has 0 bridgehead atoms. The number of benzene rings is 2. The number of nitrogens with two attached hydrogens (primary N) is 1. The minimum atomic E-state index is 0.141. The van der Waals surface area contributed by atoms with E-state index in [0.717, 1.165) is 13.0 Å². The average molecular weight is 265 g/mol. The van der Waals surface area contributed by atoms with Gasteiger partial charge in [0.05, 0.1) is 0 Å². The standard InChI is InChI=1S/C19H23N/c1-2-19(14-20,16-11-7-4-8-12-16)18-13-17(18)15-9-5-3-6-10-15/h3-12,17-18H,2,13-14,20H2,1H3. The Balaban J connectivity index is 1.90. The molecular weight excluding hydrogens is 242 g/mol. The molecule has 1 heteroatoms. The van der Waals surface area contributed by atoms with Gasteiger partial charge in [0.2, 0.25) is 0 Å². The fraction of sp³-hybridized carbons (Fsp3) is 0.368. The molecule has 1 aliphatic rings. The van der Waals surface area contributed by atoms with Crippen molar-refractivity contribution in [3.05, 3.63) is 71.8 Å². The predicted octanol–water partition coefficient (Wildman–Crippen LogP) is 4.10. The van der Waals surface area contributed by atoms with Crippen molar-refractivity contribution in [1.82, 2.24) is 0 Å². The monoisotopic (exact) mass is 265 g/mol. The van der Waals surface area contributed by atoms with Crippen LogP contribution in [0.15, 0.2) is 60.7 Å². The zero-order chi connectivity index (χ0) is 14.0. The lowest BCUT2D eigenvalue weighted by Gasteiger charge is -2.33. The Kier molecular flexibility index (Phi) is 3.62. The quantitative estimate of drug-likeness (QED) is 0.865. The first-order valence-corrected chi connectivity index (χ1v) is 7.62. The molecule has 0 aromatic heterocycles. The summed E-state index contributed by atoms with van der Waals surface area (Å²) in [5, 5.41) is 0. The van der Waals surface area contributed by atoms with Crippen LogP contribution in [0.4, 0.5) is 0 Å². The highest BCUT2D eigenvalue weighted by Gasteiger charge is 2.52. The summed E-state index contributed by atoms with van der Waals surface area (Å²) >= 11 is 0. The molecule has 0 heterocycles. The van der Waals surface area contributed by atoms with Crippen molar-refractivity contribution >= 4 is 0 Å². The fourth-order valence-electron chi connectivity index (χ4n) is 3.74. The van der Waals surface area contributed by atoms with Crippen molar-refractivity contribution in [1.29, 1.82) is 0 Å². The van der Waals surface area contributed by atoms with E-state index in [4.69, 9.17) is 5.73 Å². The summed E-state index contributed by atoms with van der Waals surface area (Å²) in [7, 11) is 0. The third-order valence-corrected chi connectivity index (χ3v) is 5.07. The molecule has 2 aromatic rings. The molecule has 0 radical (unpaired) electrons. The van der Waals surface area contributed by atoms with Crippen molar-refractivity contribution in [3.63, 3.8) is 0 Å². The van der Waals surface area contributed by atoms with Crippen LogP contribution in [0.3, 0.4) is 0 Å². The van der Waals surface area contributed by atoms with Gasteiger partial charge >= 0.3 is 0 Å². The number of hydrogen-bond acceptors (Lipinski definition) is 1. The van der Waals surface area contributed by atoms with Crippen molar-refractivity contribution in [2.75, 3.05) is 6.54 Å². The average Bonchev–Trinajstić information content (AvgIpc) is 3.32. The van der Waals surface area contributed by atoms with Gasteiger partial charge in [0, 0.05) is 12.0 Å². The highest BCUT2D eigenvalue weighted by Crippen LogP contribution is 2.58. The Morgan fingerprint density at radius 2 is 1.60 bits per heavy atom. The second-order valence-corrected chi connectivity index (χ2v) is 5.94. The van der Waals surface area contributed by atoms with E-state index in [9.17, 15) is 0 Å². The van der Waals surface area contributed by atoms with E-state index in [-0.39, 0.29) is 5.41 Å². The van der Waals surface area contributed by atoms with Gasteiger partial charge in [-0.25, -0.2) is 0 Å². The summed E-state index contributed by atoms with van der Waals surface area (Å²) in [5.74, 6) is 1.36. The lowest BCUT2D eigenvalue weighted by Crippen LogP contribution is -2.37. The van der Waals surface area contributed by atoms with Gasteiger partial charge in [0.15, 0.2) is 0 Å². The Morgan fingerprint density at radius 3 is 2.15 bits per heavy atom. The summed E-state index contributed by atoms with van der Waals surface area (Å²) < 4.78 is 0. The maximum absolute atomic E-state index is 6.23. The van der Waals surface area contributed by atoms with Gasteiger partial charge < -0.3 is 5.73 Å². The third kappa shape index (κ3) is 2.16. The molecule has 1 aliphatic carbocycles. The molecule has 3 unspecified atom stereocenters. The first-order valence-electron chi connectivity index (χ1n) is 7.62. The van der Waals surface area contributed by atoms with Crippen LogP contribution in [0.1, 0.15) is 36.8 Å². The lowest BCUT2D eigenvalue weighted by atomic mass is 9.72. The molecule has 2 N–H and O–H groups in total. The third-order valence-electron chi connectivity index (χ3n) is 5.07. The van der Waals surface area contributed by atoms with Gasteiger partial charge in [0.25, 0.3) is 0 Å². The predicted molar refractivity (Wildman–Crippen MR) is 84.8 cm³/mol. The molecular formula is C19H23N. The number of hydrogen-bond donors (Lipinski definition) is 1. The van der Waals surface area contributed by atoms with Gasteiger partial charge in [-0.05, 0) is 35.8 Å². The SMILES string of the molecule is CCC(CN)(c1ccccc1)C1CC1c1ccccc1. The molecule has 20 heavy (non-hydrogen) atoms. The van der Waals surface area contributed by atoms with E-state index in [1.807, 2.05) is 0 Å². The van der Waals surface area contributed by atoms with Crippen LogP contribution < -0.4 is 5.73 Å². The molecule has 1 nitrogen and oxygen atoms in total. The molecule has 2 aromatic carbocycles. The van der Waals surface area contributed by atoms with Crippen LogP contribution >= 0.6 is 0 Å². The van der Waals surface area contributed by atoms with Gasteiger partial charge in [-0.2, -0.15) is 0 Å². The molecule has 0 aliphatic heterocycles. The van der Waals surface area contributed by atoms with Crippen LogP contribution in [0.5, 0.6) is 0 Å². The topological polar surface area (TPSA) is 26.0 Å². The van der Waals surface area contributed by atoms with E-state index in [1.165, 1.54) is 17.5 Å². The van der Waals surface area contributed by atoms with Gasteiger partial charge in [-0.1, -0.05) is 67.6 Å². The van der Waals surface area contributed by atoms with Crippen LogP contribution in [-0.4, -0.2) is 6.54 Å². The highest BCUT2D eigenvalue weighted by atomic mass is 14.7. The lowest BCUT2D eigenvalue weighted by molar-refractivity contribution is 0.359. The molecule has 1 fully saturated rings. The first-order chi connectivity index (χ1) is 9.81. The molecule has 0 amide bonds. The molecule has 0 spiro atoms. The van der Waals surface area contributed by atoms with Crippen LogP contribution in [0.25, 0.3) is 0 Å². The van der Waals surface area contributed by atoms with Gasteiger partial charge in [-0.3, -0.25) is 0 Å². The van der Waals surface area contributed by atoms with E-state index >= 15 is 0 Å². The Labute approximate surface area is 121 Å². The Bertz CT molecular complexity index is 542. The normalized spacial score (nSPS) is 24.1. The smallest absolute Gasteiger partial charge is 0.0107 e.